The molecule has 1 aromatic carbocycles. The van der Waals surface area contributed by atoms with Gasteiger partial charge < -0.3 is 10.1 Å². The summed E-state index contributed by atoms with van der Waals surface area (Å²) in [6, 6.07) is 7.03. The molecule has 1 aliphatic carbocycles. The van der Waals surface area contributed by atoms with Crippen molar-refractivity contribution >= 4 is 11.0 Å². The lowest BCUT2D eigenvalue weighted by atomic mass is 9.82. The van der Waals surface area contributed by atoms with Crippen LogP contribution in [0.15, 0.2) is 35.1 Å². The zero-order valence-corrected chi connectivity index (χ0v) is 13.7. The Morgan fingerprint density at radius 3 is 2.44 bits per heavy atom. The number of aromatic nitrogens is 3. The zero-order valence-electron chi connectivity index (χ0n) is 13.7. The third kappa shape index (κ3) is 3.29. The Morgan fingerprint density at radius 1 is 1.24 bits per heavy atom. The lowest BCUT2D eigenvalue weighted by Crippen LogP contribution is -2.10. The van der Waals surface area contributed by atoms with E-state index in [0.717, 1.165) is 25.0 Å². The van der Waals surface area contributed by atoms with Crippen LogP contribution in [-0.4, -0.2) is 19.9 Å². The van der Waals surface area contributed by atoms with Gasteiger partial charge in [0.2, 0.25) is 0 Å². The molecule has 0 spiro atoms. The van der Waals surface area contributed by atoms with Crippen molar-refractivity contribution in [1.29, 1.82) is 0 Å². The minimum absolute atomic E-state index is 0. The van der Waals surface area contributed by atoms with E-state index in [2.05, 4.69) is 10.1 Å². The Kier molecular flexibility index (Phi) is 5.62. The van der Waals surface area contributed by atoms with Crippen LogP contribution in [0.1, 0.15) is 52.1 Å². The minimum atomic E-state index is -0.395. The minimum Gasteiger partial charge on any atom is -0.507 e. The molecular formula is C19H24FN3O2. The van der Waals surface area contributed by atoms with Gasteiger partial charge in [0.15, 0.2) is 0 Å². The van der Waals surface area contributed by atoms with Crippen molar-refractivity contribution in [2.24, 2.45) is 0 Å². The second kappa shape index (κ2) is 7.51. The summed E-state index contributed by atoms with van der Waals surface area (Å²) in [4.78, 5) is 14.4. The SMILES string of the molecule is C.CC.O=c1cc(O)c2c(C3CCC3)nn(-c3ccc(F)cc3)c2[nH]1. The molecule has 0 radical (unpaired) electrons. The van der Waals surface area contributed by atoms with Crippen molar-refractivity contribution in [2.75, 3.05) is 0 Å². The highest BCUT2D eigenvalue weighted by Gasteiger charge is 2.27. The number of nitrogens with zero attached hydrogens (tertiary/aromatic N) is 2. The van der Waals surface area contributed by atoms with Crippen LogP contribution in [0.5, 0.6) is 5.75 Å². The number of halogens is 1. The molecule has 134 valence electrons. The fourth-order valence-electron chi connectivity index (χ4n) is 2.89. The van der Waals surface area contributed by atoms with Crippen LogP contribution in [0, 0.1) is 5.82 Å². The molecular weight excluding hydrogens is 321 g/mol. The molecule has 25 heavy (non-hydrogen) atoms. The van der Waals surface area contributed by atoms with E-state index in [1.165, 1.54) is 18.2 Å². The molecule has 6 heteroatoms. The van der Waals surface area contributed by atoms with Gasteiger partial charge in [-0.2, -0.15) is 5.10 Å². The van der Waals surface area contributed by atoms with Crippen molar-refractivity contribution in [3.05, 3.63) is 52.2 Å². The molecule has 4 rings (SSSR count). The second-order valence-electron chi connectivity index (χ2n) is 5.64. The monoisotopic (exact) mass is 345 g/mol. The first-order valence-corrected chi connectivity index (χ1v) is 8.24. The average Bonchev–Trinajstić information content (AvgIpc) is 2.88. The summed E-state index contributed by atoms with van der Waals surface area (Å²) in [7, 11) is 0. The number of hydrogen-bond acceptors (Lipinski definition) is 3. The van der Waals surface area contributed by atoms with Crippen LogP contribution in [0.2, 0.25) is 0 Å². The standard InChI is InChI=1S/C16H14FN3O2.C2H6.CH4/c17-10-4-6-11(7-5-10)20-16-14(12(21)8-13(22)18-16)15(19-20)9-2-1-3-9;1-2;/h4-9H,1-3H2,(H2,18,21,22);1-2H3;1H4. The van der Waals surface area contributed by atoms with Gasteiger partial charge in [-0.3, -0.25) is 4.79 Å². The first-order valence-electron chi connectivity index (χ1n) is 8.24. The molecule has 3 aromatic rings. The normalized spacial score (nSPS) is 13.6. The number of H-pyrrole nitrogens is 1. The molecule has 2 heterocycles. The molecule has 0 amide bonds. The molecule has 1 saturated carbocycles. The van der Waals surface area contributed by atoms with Gasteiger partial charge in [-0.05, 0) is 37.1 Å². The quantitative estimate of drug-likeness (QED) is 0.719. The summed E-state index contributed by atoms with van der Waals surface area (Å²) in [5.41, 5.74) is 1.48. The van der Waals surface area contributed by atoms with Gasteiger partial charge in [0, 0.05) is 12.0 Å². The smallest absolute Gasteiger partial charge is 0.253 e. The highest BCUT2D eigenvalue weighted by Crippen LogP contribution is 2.41. The number of fused-ring (bicyclic) bond motifs is 1. The number of aromatic amines is 1. The van der Waals surface area contributed by atoms with Crippen LogP contribution in [-0.2, 0) is 0 Å². The predicted octanol–water partition coefficient (Wildman–Crippen LogP) is 4.49. The molecule has 5 nitrogen and oxygen atoms in total. The maximum Gasteiger partial charge on any atom is 0.253 e. The molecule has 1 fully saturated rings. The number of nitrogens with one attached hydrogen (secondary N) is 1. The van der Waals surface area contributed by atoms with Crippen molar-refractivity contribution in [1.82, 2.24) is 14.8 Å². The van der Waals surface area contributed by atoms with E-state index in [4.69, 9.17) is 0 Å². The number of pyridine rings is 1. The Morgan fingerprint density at radius 2 is 1.88 bits per heavy atom. The number of hydrogen-bond donors (Lipinski definition) is 2. The van der Waals surface area contributed by atoms with Gasteiger partial charge in [0.25, 0.3) is 5.56 Å². The second-order valence-corrected chi connectivity index (χ2v) is 5.64. The van der Waals surface area contributed by atoms with Crippen LogP contribution in [0.4, 0.5) is 4.39 Å². The first kappa shape index (κ1) is 18.7. The maximum atomic E-state index is 13.1. The number of benzene rings is 1. The maximum absolute atomic E-state index is 13.1. The Labute approximate surface area is 146 Å². The van der Waals surface area contributed by atoms with Crippen molar-refractivity contribution in [3.8, 4) is 11.4 Å². The van der Waals surface area contributed by atoms with E-state index in [9.17, 15) is 14.3 Å². The van der Waals surface area contributed by atoms with Gasteiger partial charge >= 0.3 is 0 Å². The van der Waals surface area contributed by atoms with Crippen LogP contribution < -0.4 is 5.56 Å². The van der Waals surface area contributed by atoms with Gasteiger partial charge in [-0.15, -0.1) is 0 Å². The fraction of sp³-hybridized carbons (Fsp3) is 0.368. The Balaban J connectivity index is 0.000000726. The van der Waals surface area contributed by atoms with Gasteiger partial charge in [-0.25, -0.2) is 9.07 Å². The summed E-state index contributed by atoms with van der Waals surface area (Å²) in [5.74, 6) is -0.106. The summed E-state index contributed by atoms with van der Waals surface area (Å²) in [6.07, 6.45) is 3.18. The van der Waals surface area contributed by atoms with Gasteiger partial charge in [0.05, 0.1) is 16.8 Å². The van der Waals surface area contributed by atoms with E-state index < -0.39 is 5.56 Å². The molecule has 0 unspecified atom stereocenters. The fourth-order valence-corrected chi connectivity index (χ4v) is 2.89. The average molecular weight is 345 g/mol. The molecule has 2 N–H and O–H groups in total. The van der Waals surface area contributed by atoms with Crippen LogP contribution in [0.25, 0.3) is 16.7 Å². The highest BCUT2D eigenvalue weighted by atomic mass is 19.1. The van der Waals surface area contributed by atoms with E-state index >= 15 is 0 Å². The third-order valence-electron chi connectivity index (χ3n) is 4.24. The molecule has 0 atom stereocenters. The molecule has 0 bridgehead atoms. The largest absolute Gasteiger partial charge is 0.507 e. The van der Waals surface area contributed by atoms with Crippen molar-refractivity contribution < 1.29 is 9.50 Å². The summed E-state index contributed by atoms with van der Waals surface area (Å²) in [5, 5.41) is 15.3. The lowest BCUT2D eigenvalue weighted by Gasteiger charge is -2.23. The van der Waals surface area contributed by atoms with Crippen LogP contribution >= 0.6 is 0 Å². The van der Waals surface area contributed by atoms with Crippen molar-refractivity contribution in [2.45, 2.75) is 46.5 Å². The highest BCUT2D eigenvalue weighted by molar-refractivity contribution is 5.86. The Hall–Kier alpha value is -2.63. The zero-order chi connectivity index (χ0) is 17.3. The van der Waals surface area contributed by atoms with Gasteiger partial charge in [0.1, 0.15) is 17.2 Å². The van der Waals surface area contributed by atoms with Crippen molar-refractivity contribution in [3.63, 3.8) is 0 Å². The molecule has 2 aromatic heterocycles. The topological polar surface area (TPSA) is 70.9 Å². The number of rotatable bonds is 2. The van der Waals surface area contributed by atoms with Crippen LogP contribution in [0.3, 0.4) is 0 Å². The van der Waals surface area contributed by atoms with E-state index in [1.807, 2.05) is 13.8 Å². The lowest BCUT2D eigenvalue weighted by molar-refractivity contribution is 0.409. The van der Waals surface area contributed by atoms with E-state index in [-0.39, 0.29) is 19.0 Å². The van der Waals surface area contributed by atoms with E-state index in [0.29, 0.717) is 22.6 Å². The van der Waals surface area contributed by atoms with E-state index in [1.54, 1.807) is 16.8 Å². The number of aromatic hydroxyl groups is 1. The summed E-state index contributed by atoms with van der Waals surface area (Å²) >= 11 is 0. The molecule has 0 aliphatic heterocycles. The Bertz CT molecular complexity index is 909. The first-order chi connectivity index (χ1) is 11.6. The predicted molar refractivity (Wildman–Crippen MR) is 98.0 cm³/mol. The summed E-state index contributed by atoms with van der Waals surface area (Å²) < 4.78 is 14.7. The van der Waals surface area contributed by atoms with Gasteiger partial charge in [-0.1, -0.05) is 27.7 Å². The molecule has 0 saturated heterocycles. The molecule has 1 aliphatic rings. The summed E-state index contributed by atoms with van der Waals surface area (Å²) in [6.45, 7) is 4.00. The third-order valence-corrected chi connectivity index (χ3v) is 4.24.